The highest BCUT2D eigenvalue weighted by Crippen LogP contribution is 2.28. The highest BCUT2D eigenvalue weighted by molar-refractivity contribution is 7.99. The van der Waals surface area contributed by atoms with Crippen molar-refractivity contribution in [1.29, 1.82) is 0 Å². The third-order valence-corrected chi connectivity index (χ3v) is 5.91. The number of ether oxygens (including phenoxy) is 2. The number of hydrogen-bond acceptors (Lipinski definition) is 4. The molecule has 6 heteroatoms. The molecule has 1 aliphatic carbocycles. The Morgan fingerprint density at radius 2 is 2.08 bits per heavy atom. The lowest BCUT2D eigenvalue weighted by Crippen LogP contribution is -2.42. The van der Waals surface area contributed by atoms with Gasteiger partial charge in [0.2, 0.25) is 0 Å². The SMILES string of the molecule is CCNC(=NCCCOCC1CCOCC1)NC1CCC(SC)C1. The van der Waals surface area contributed by atoms with Gasteiger partial charge in [-0.2, -0.15) is 11.8 Å². The van der Waals surface area contributed by atoms with Gasteiger partial charge in [0, 0.05) is 50.8 Å². The monoisotopic (exact) mass is 357 g/mol. The van der Waals surface area contributed by atoms with Gasteiger partial charge in [0.1, 0.15) is 0 Å². The maximum absolute atomic E-state index is 5.81. The average Bonchev–Trinajstić information content (AvgIpc) is 3.06. The first kappa shape index (κ1) is 19.9. The first-order valence-electron chi connectivity index (χ1n) is 9.55. The Hall–Kier alpha value is -0.460. The van der Waals surface area contributed by atoms with E-state index >= 15 is 0 Å². The first-order chi connectivity index (χ1) is 11.8. The molecule has 0 amide bonds. The summed E-state index contributed by atoms with van der Waals surface area (Å²) < 4.78 is 11.2. The van der Waals surface area contributed by atoms with Gasteiger partial charge in [0.05, 0.1) is 0 Å². The summed E-state index contributed by atoms with van der Waals surface area (Å²) >= 11 is 1.99. The Morgan fingerprint density at radius 3 is 2.79 bits per heavy atom. The van der Waals surface area contributed by atoms with E-state index in [9.17, 15) is 0 Å². The van der Waals surface area contributed by atoms with Gasteiger partial charge in [0.15, 0.2) is 5.96 Å². The van der Waals surface area contributed by atoms with Crippen LogP contribution in [0.2, 0.25) is 0 Å². The van der Waals surface area contributed by atoms with Crippen LogP contribution in [0.1, 0.15) is 45.4 Å². The van der Waals surface area contributed by atoms with Gasteiger partial charge in [-0.15, -0.1) is 0 Å². The van der Waals surface area contributed by atoms with Crippen molar-refractivity contribution < 1.29 is 9.47 Å². The molecule has 24 heavy (non-hydrogen) atoms. The highest BCUT2D eigenvalue weighted by Gasteiger charge is 2.24. The minimum atomic E-state index is 0.574. The molecule has 2 atom stereocenters. The van der Waals surface area contributed by atoms with Gasteiger partial charge >= 0.3 is 0 Å². The van der Waals surface area contributed by atoms with Crippen molar-refractivity contribution in [2.45, 2.75) is 56.7 Å². The second-order valence-corrected chi connectivity index (χ2v) is 7.89. The van der Waals surface area contributed by atoms with E-state index < -0.39 is 0 Å². The first-order valence-corrected chi connectivity index (χ1v) is 10.8. The van der Waals surface area contributed by atoms with E-state index in [0.29, 0.717) is 12.0 Å². The van der Waals surface area contributed by atoms with E-state index in [2.05, 4.69) is 23.8 Å². The molecule has 0 aromatic carbocycles. The van der Waals surface area contributed by atoms with Gasteiger partial charge in [-0.1, -0.05) is 0 Å². The molecule has 2 N–H and O–H groups in total. The van der Waals surface area contributed by atoms with Gasteiger partial charge in [0.25, 0.3) is 0 Å². The number of thioether (sulfide) groups is 1. The summed E-state index contributed by atoms with van der Waals surface area (Å²) in [6, 6.07) is 0.574. The molecule has 0 aromatic rings. The van der Waals surface area contributed by atoms with Crippen LogP contribution in [0.15, 0.2) is 4.99 Å². The predicted molar refractivity (Wildman–Crippen MR) is 103 cm³/mol. The fourth-order valence-corrected chi connectivity index (χ4v) is 4.12. The smallest absolute Gasteiger partial charge is 0.191 e. The fourth-order valence-electron chi connectivity index (χ4n) is 3.32. The molecule has 0 aromatic heterocycles. The molecule has 0 bridgehead atoms. The molecular weight excluding hydrogens is 322 g/mol. The summed E-state index contributed by atoms with van der Waals surface area (Å²) in [5, 5.41) is 7.77. The second kappa shape index (κ2) is 12.0. The summed E-state index contributed by atoms with van der Waals surface area (Å²) in [7, 11) is 0. The number of aliphatic imine (C=N–C) groups is 1. The summed E-state index contributed by atoms with van der Waals surface area (Å²) in [5.74, 6) is 1.65. The summed E-state index contributed by atoms with van der Waals surface area (Å²) in [6.07, 6.45) is 9.31. The zero-order valence-electron chi connectivity index (χ0n) is 15.4. The van der Waals surface area contributed by atoms with Crippen molar-refractivity contribution in [3.63, 3.8) is 0 Å². The predicted octanol–water partition coefficient (Wildman–Crippen LogP) is 2.66. The maximum atomic E-state index is 5.81. The van der Waals surface area contributed by atoms with Crippen molar-refractivity contribution >= 4 is 17.7 Å². The lowest BCUT2D eigenvalue weighted by atomic mass is 10.0. The Labute approximate surface area is 151 Å². The van der Waals surface area contributed by atoms with E-state index in [1.165, 1.54) is 19.3 Å². The molecule has 1 saturated carbocycles. The Kier molecular flexibility index (Phi) is 9.92. The molecule has 2 fully saturated rings. The lowest BCUT2D eigenvalue weighted by Gasteiger charge is -2.21. The Balaban J connectivity index is 1.58. The lowest BCUT2D eigenvalue weighted by molar-refractivity contribution is 0.0205. The van der Waals surface area contributed by atoms with Crippen LogP contribution < -0.4 is 10.6 Å². The number of hydrogen-bond donors (Lipinski definition) is 2. The van der Waals surface area contributed by atoms with Crippen LogP contribution in [0.3, 0.4) is 0 Å². The molecule has 0 spiro atoms. The Morgan fingerprint density at radius 1 is 1.25 bits per heavy atom. The van der Waals surface area contributed by atoms with Crippen LogP contribution >= 0.6 is 11.8 Å². The van der Waals surface area contributed by atoms with E-state index in [4.69, 9.17) is 14.5 Å². The maximum Gasteiger partial charge on any atom is 0.191 e. The van der Waals surface area contributed by atoms with E-state index in [0.717, 1.165) is 70.0 Å². The van der Waals surface area contributed by atoms with Gasteiger partial charge in [-0.25, -0.2) is 0 Å². The molecular formula is C18H35N3O2S. The summed E-state index contributed by atoms with van der Waals surface area (Å²) in [5.41, 5.74) is 0. The average molecular weight is 358 g/mol. The molecule has 140 valence electrons. The standard InChI is InChI=1S/C18H35N3O2S/c1-3-19-18(21-16-5-6-17(13-16)24-2)20-9-4-10-23-14-15-7-11-22-12-8-15/h15-17H,3-14H2,1-2H3,(H2,19,20,21). The van der Waals surface area contributed by atoms with E-state index in [-0.39, 0.29) is 0 Å². The molecule has 0 radical (unpaired) electrons. The highest BCUT2D eigenvalue weighted by atomic mass is 32.2. The zero-order valence-corrected chi connectivity index (χ0v) is 16.2. The minimum absolute atomic E-state index is 0.574. The van der Waals surface area contributed by atoms with Crippen molar-refractivity contribution in [2.75, 3.05) is 45.8 Å². The molecule has 1 aliphatic heterocycles. The normalized spacial score (nSPS) is 25.8. The van der Waals surface area contributed by atoms with Crippen molar-refractivity contribution in [2.24, 2.45) is 10.9 Å². The quantitative estimate of drug-likeness (QED) is 0.377. The van der Waals surface area contributed by atoms with E-state index in [1.807, 2.05) is 11.8 Å². The van der Waals surface area contributed by atoms with Crippen LogP contribution in [0.25, 0.3) is 0 Å². The summed E-state index contributed by atoms with van der Waals surface area (Å²) in [4.78, 5) is 4.70. The van der Waals surface area contributed by atoms with Crippen LogP contribution in [0, 0.1) is 5.92 Å². The van der Waals surface area contributed by atoms with Crippen LogP contribution in [-0.2, 0) is 9.47 Å². The van der Waals surface area contributed by atoms with Crippen molar-refractivity contribution in [3.05, 3.63) is 0 Å². The minimum Gasteiger partial charge on any atom is -0.381 e. The zero-order chi connectivity index (χ0) is 17.0. The van der Waals surface area contributed by atoms with Crippen molar-refractivity contribution in [1.82, 2.24) is 10.6 Å². The second-order valence-electron chi connectivity index (χ2n) is 6.76. The molecule has 2 rings (SSSR count). The van der Waals surface area contributed by atoms with Crippen LogP contribution in [0.5, 0.6) is 0 Å². The third-order valence-electron chi connectivity index (χ3n) is 4.81. The molecule has 5 nitrogen and oxygen atoms in total. The number of guanidine groups is 1. The number of rotatable bonds is 9. The largest absolute Gasteiger partial charge is 0.381 e. The molecule has 2 unspecified atom stereocenters. The third kappa shape index (κ3) is 7.62. The van der Waals surface area contributed by atoms with E-state index in [1.54, 1.807) is 0 Å². The van der Waals surface area contributed by atoms with Crippen molar-refractivity contribution in [3.8, 4) is 0 Å². The van der Waals surface area contributed by atoms with Gasteiger partial charge in [-0.05, 0) is 57.6 Å². The fraction of sp³-hybridized carbons (Fsp3) is 0.944. The number of nitrogens with one attached hydrogen (secondary N) is 2. The Bertz CT molecular complexity index is 362. The van der Waals surface area contributed by atoms with Crippen LogP contribution in [-0.4, -0.2) is 63.0 Å². The summed E-state index contributed by atoms with van der Waals surface area (Å²) in [6.45, 7) is 7.32. The molecule has 2 aliphatic rings. The van der Waals surface area contributed by atoms with Gasteiger partial charge in [-0.3, -0.25) is 4.99 Å². The van der Waals surface area contributed by atoms with Crippen LogP contribution in [0.4, 0.5) is 0 Å². The molecule has 1 saturated heterocycles. The molecule has 1 heterocycles. The topological polar surface area (TPSA) is 54.9 Å². The number of nitrogens with zero attached hydrogens (tertiary/aromatic N) is 1. The van der Waals surface area contributed by atoms with Gasteiger partial charge < -0.3 is 20.1 Å².